The number of benzene rings is 1. The minimum absolute atomic E-state index is 0.0114. The predicted octanol–water partition coefficient (Wildman–Crippen LogP) is 2.37. The number of likely N-dealkylation sites (tertiary alicyclic amines) is 1. The summed E-state index contributed by atoms with van der Waals surface area (Å²) in [6.07, 6.45) is 1.22. The monoisotopic (exact) mass is 351 g/mol. The molecule has 0 saturated carbocycles. The van der Waals surface area contributed by atoms with E-state index in [2.05, 4.69) is 4.90 Å². The van der Waals surface area contributed by atoms with Crippen molar-refractivity contribution in [1.29, 1.82) is 0 Å². The van der Waals surface area contributed by atoms with Crippen LogP contribution in [0.1, 0.15) is 28.8 Å². The average Bonchev–Trinajstić information content (AvgIpc) is 3.09. The van der Waals surface area contributed by atoms with Gasteiger partial charge in [-0.25, -0.2) is 4.79 Å². The van der Waals surface area contributed by atoms with Crippen molar-refractivity contribution in [3.8, 4) is 0 Å². The Balaban J connectivity index is 1.73. The molecular weight excluding hydrogens is 330 g/mol. The smallest absolute Gasteiger partial charge is 0.407 e. The van der Waals surface area contributed by atoms with Crippen LogP contribution in [-0.2, 0) is 6.54 Å². The molecule has 1 aromatic carbocycles. The highest BCUT2D eigenvalue weighted by Gasteiger charge is 2.26. The molecule has 1 aromatic rings. The lowest BCUT2D eigenvalue weighted by molar-refractivity contribution is 0.0789. The molecule has 130 valence electrons. The summed E-state index contributed by atoms with van der Waals surface area (Å²) in [6, 6.07) is 5.57. The number of carbonyl (C=O) groups is 2. The van der Waals surface area contributed by atoms with Crippen LogP contribution < -0.4 is 0 Å². The van der Waals surface area contributed by atoms with Crippen LogP contribution in [0.25, 0.3) is 0 Å². The Bertz CT molecular complexity index is 624. The minimum atomic E-state index is -0.873. The molecule has 2 saturated heterocycles. The summed E-state index contributed by atoms with van der Waals surface area (Å²) in [5, 5.41) is 9.52. The van der Waals surface area contributed by atoms with Gasteiger partial charge in [0.2, 0.25) is 0 Å². The van der Waals surface area contributed by atoms with Gasteiger partial charge in [0, 0.05) is 45.8 Å². The molecule has 3 rings (SSSR count). The van der Waals surface area contributed by atoms with E-state index in [0.717, 1.165) is 31.5 Å². The second-order valence-electron chi connectivity index (χ2n) is 6.32. The molecule has 6 nitrogen and oxygen atoms in total. The van der Waals surface area contributed by atoms with Crippen molar-refractivity contribution < 1.29 is 14.7 Å². The first-order valence-corrected chi connectivity index (χ1v) is 8.71. The number of amides is 2. The van der Waals surface area contributed by atoms with Crippen molar-refractivity contribution >= 4 is 23.6 Å². The number of halogens is 1. The second kappa shape index (κ2) is 7.40. The van der Waals surface area contributed by atoms with Crippen LogP contribution in [0, 0.1) is 0 Å². The maximum atomic E-state index is 12.8. The van der Waals surface area contributed by atoms with Crippen LogP contribution >= 0.6 is 11.6 Å². The zero-order valence-electron chi connectivity index (χ0n) is 13.6. The Morgan fingerprint density at radius 2 is 1.67 bits per heavy atom. The van der Waals surface area contributed by atoms with Gasteiger partial charge >= 0.3 is 6.09 Å². The lowest BCUT2D eigenvalue weighted by atomic mass is 10.0. The van der Waals surface area contributed by atoms with E-state index in [-0.39, 0.29) is 5.91 Å². The average molecular weight is 352 g/mol. The Labute approximate surface area is 146 Å². The Kier molecular flexibility index (Phi) is 5.26. The largest absolute Gasteiger partial charge is 0.465 e. The standard InChI is InChI=1S/C17H22ClN3O3/c18-14-5-3-4-13(15(14)16(22)20-6-1-2-7-20)12-19-8-10-21(11-9-19)17(23)24/h3-5H,1-2,6-12H2,(H,23,24). The molecule has 2 aliphatic rings. The second-order valence-corrected chi connectivity index (χ2v) is 6.73. The van der Waals surface area contributed by atoms with Crippen LogP contribution in [0.5, 0.6) is 0 Å². The number of piperazine rings is 1. The van der Waals surface area contributed by atoms with Crippen molar-refractivity contribution in [3.05, 3.63) is 34.3 Å². The van der Waals surface area contributed by atoms with Gasteiger partial charge in [0.1, 0.15) is 0 Å². The highest BCUT2D eigenvalue weighted by molar-refractivity contribution is 6.34. The topological polar surface area (TPSA) is 64.1 Å². The minimum Gasteiger partial charge on any atom is -0.465 e. The van der Waals surface area contributed by atoms with E-state index >= 15 is 0 Å². The van der Waals surface area contributed by atoms with E-state index in [9.17, 15) is 9.59 Å². The molecular formula is C17H22ClN3O3. The molecule has 0 aliphatic carbocycles. The lowest BCUT2D eigenvalue weighted by Gasteiger charge is -2.33. The molecule has 0 radical (unpaired) electrons. The molecule has 2 heterocycles. The number of hydrogen-bond donors (Lipinski definition) is 1. The fourth-order valence-electron chi connectivity index (χ4n) is 3.36. The molecule has 0 spiro atoms. The normalized spacial score (nSPS) is 18.9. The van der Waals surface area contributed by atoms with E-state index in [0.29, 0.717) is 43.3 Å². The van der Waals surface area contributed by atoms with E-state index in [1.165, 1.54) is 4.90 Å². The van der Waals surface area contributed by atoms with Crippen LogP contribution in [0.3, 0.4) is 0 Å². The summed E-state index contributed by atoms with van der Waals surface area (Å²) in [6.45, 7) is 4.51. The van der Waals surface area contributed by atoms with Gasteiger partial charge in [-0.15, -0.1) is 0 Å². The number of carboxylic acid groups (broad SMARTS) is 1. The number of carbonyl (C=O) groups excluding carboxylic acids is 1. The van der Waals surface area contributed by atoms with Crippen LogP contribution in [0.4, 0.5) is 4.79 Å². The Hall–Kier alpha value is -1.79. The quantitative estimate of drug-likeness (QED) is 0.908. The van der Waals surface area contributed by atoms with E-state index in [1.807, 2.05) is 17.0 Å². The van der Waals surface area contributed by atoms with E-state index in [4.69, 9.17) is 16.7 Å². The molecule has 0 bridgehead atoms. The fourth-order valence-corrected chi connectivity index (χ4v) is 3.63. The third-order valence-electron chi connectivity index (χ3n) is 4.74. The van der Waals surface area contributed by atoms with Crippen LogP contribution in [-0.4, -0.2) is 71.1 Å². The number of nitrogens with zero attached hydrogens (tertiary/aromatic N) is 3. The van der Waals surface area contributed by atoms with Gasteiger partial charge in [0.25, 0.3) is 5.91 Å². The molecule has 2 amide bonds. The Morgan fingerprint density at radius 3 is 2.29 bits per heavy atom. The third-order valence-corrected chi connectivity index (χ3v) is 5.06. The van der Waals surface area contributed by atoms with Gasteiger partial charge < -0.3 is 14.9 Å². The molecule has 0 atom stereocenters. The molecule has 0 aromatic heterocycles. The van der Waals surface area contributed by atoms with E-state index in [1.54, 1.807) is 6.07 Å². The van der Waals surface area contributed by atoms with Crippen molar-refractivity contribution in [1.82, 2.24) is 14.7 Å². The van der Waals surface area contributed by atoms with Gasteiger partial charge in [-0.05, 0) is 24.5 Å². The predicted molar refractivity (Wildman–Crippen MR) is 91.5 cm³/mol. The third kappa shape index (κ3) is 3.65. The van der Waals surface area contributed by atoms with Gasteiger partial charge in [-0.3, -0.25) is 9.69 Å². The summed E-state index contributed by atoms with van der Waals surface area (Å²) in [4.78, 5) is 29.3. The van der Waals surface area contributed by atoms with E-state index < -0.39 is 6.09 Å². The number of rotatable bonds is 3. The molecule has 24 heavy (non-hydrogen) atoms. The highest BCUT2D eigenvalue weighted by atomic mass is 35.5. The zero-order chi connectivity index (χ0) is 17.1. The maximum absolute atomic E-state index is 12.8. The summed E-state index contributed by atoms with van der Waals surface area (Å²) in [5.41, 5.74) is 1.52. The summed E-state index contributed by atoms with van der Waals surface area (Å²) >= 11 is 6.33. The first-order chi connectivity index (χ1) is 11.6. The molecule has 0 unspecified atom stereocenters. The molecule has 7 heteroatoms. The first-order valence-electron chi connectivity index (χ1n) is 8.33. The van der Waals surface area contributed by atoms with Crippen LogP contribution in [0.15, 0.2) is 18.2 Å². The molecule has 2 aliphatic heterocycles. The zero-order valence-corrected chi connectivity index (χ0v) is 14.3. The van der Waals surface area contributed by atoms with Gasteiger partial charge in [-0.1, -0.05) is 23.7 Å². The van der Waals surface area contributed by atoms with Gasteiger partial charge in [0.05, 0.1) is 10.6 Å². The molecule has 2 fully saturated rings. The summed E-state index contributed by atoms with van der Waals surface area (Å²) in [7, 11) is 0. The van der Waals surface area contributed by atoms with Gasteiger partial charge in [-0.2, -0.15) is 0 Å². The summed E-state index contributed by atoms with van der Waals surface area (Å²) in [5.74, 6) is 0.0114. The molecule has 1 N–H and O–H groups in total. The van der Waals surface area contributed by atoms with Crippen LogP contribution in [0.2, 0.25) is 5.02 Å². The van der Waals surface area contributed by atoms with Crippen molar-refractivity contribution in [2.45, 2.75) is 19.4 Å². The lowest BCUT2D eigenvalue weighted by Crippen LogP contribution is -2.48. The Morgan fingerprint density at radius 1 is 1.00 bits per heavy atom. The van der Waals surface area contributed by atoms with Gasteiger partial charge in [0.15, 0.2) is 0 Å². The maximum Gasteiger partial charge on any atom is 0.407 e. The fraction of sp³-hybridized carbons (Fsp3) is 0.529. The van der Waals surface area contributed by atoms with Crippen molar-refractivity contribution in [2.24, 2.45) is 0 Å². The SMILES string of the molecule is O=C(O)N1CCN(Cc2cccc(Cl)c2C(=O)N2CCCC2)CC1. The van der Waals surface area contributed by atoms with Crippen molar-refractivity contribution in [2.75, 3.05) is 39.3 Å². The highest BCUT2D eigenvalue weighted by Crippen LogP contribution is 2.25. The first kappa shape index (κ1) is 17.0. The summed E-state index contributed by atoms with van der Waals surface area (Å²) < 4.78 is 0. The number of hydrogen-bond acceptors (Lipinski definition) is 3. The van der Waals surface area contributed by atoms with Crippen molar-refractivity contribution in [3.63, 3.8) is 0 Å².